The molecular formula is C18H15FO4S. The van der Waals surface area contributed by atoms with Crippen LogP contribution in [0.2, 0.25) is 0 Å². The number of rotatable bonds is 7. The van der Waals surface area contributed by atoms with E-state index in [1.807, 2.05) is 0 Å². The van der Waals surface area contributed by atoms with Crippen molar-refractivity contribution in [3.63, 3.8) is 0 Å². The van der Waals surface area contributed by atoms with Crippen LogP contribution in [-0.2, 0) is 4.79 Å². The summed E-state index contributed by atoms with van der Waals surface area (Å²) in [5.41, 5.74) is 1.02. The van der Waals surface area contributed by atoms with Gasteiger partial charge in [0.2, 0.25) is 0 Å². The average Bonchev–Trinajstić information content (AvgIpc) is 2.58. The van der Waals surface area contributed by atoms with E-state index in [9.17, 15) is 14.0 Å². The summed E-state index contributed by atoms with van der Waals surface area (Å²) in [6, 6.07) is 11.2. The van der Waals surface area contributed by atoms with E-state index in [1.165, 1.54) is 18.2 Å². The zero-order valence-electron chi connectivity index (χ0n) is 12.9. The van der Waals surface area contributed by atoms with Crippen LogP contribution in [0.3, 0.4) is 0 Å². The molecule has 0 saturated heterocycles. The van der Waals surface area contributed by atoms with Crippen LogP contribution >= 0.6 is 11.8 Å². The van der Waals surface area contributed by atoms with Gasteiger partial charge in [0.15, 0.2) is 5.78 Å². The number of aliphatic carboxylic acids is 1. The molecular weight excluding hydrogens is 331 g/mol. The van der Waals surface area contributed by atoms with Gasteiger partial charge in [-0.05, 0) is 42.0 Å². The van der Waals surface area contributed by atoms with Gasteiger partial charge in [-0.3, -0.25) is 9.59 Å². The highest BCUT2D eigenvalue weighted by molar-refractivity contribution is 8.00. The van der Waals surface area contributed by atoms with Crippen LogP contribution in [-0.4, -0.2) is 29.7 Å². The van der Waals surface area contributed by atoms with E-state index in [1.54, 1.807) is 37.5 Å². The summed E-state index contributed by atoms with van der Waals surface area (Å²) < 4.78 is 19.0. The first-order valence-electron chi connectivity index (χ1n) is 7.00. The number of hydrogen-bond donors (Lipinski definition) is 1. The first-order chi connectivity index (χ1) is 11.5. The van der Waals surface area contributed by atoms with Crippen LogP contribution in [0.4, 0.5) is 4.39 Å². The van der Waals surface area contributed by atoms with Crippen molar-refractivity contribution in [2.75, 3.05) is 12.9 Å². The Balaban J connectivity index is 2.07. The van der Waals surface area contributed by atoms with Gasteiger partial charge in [0.05, 0.1) is 12.9 Å². The highest BCUT2D eigenvalue weighted by atomic mass is 32.2. The Hall–Kier alpha value is -2.60. The summed E-state index contributed by atoms with van der Waals surface area (Å²) in [5.74, 6) is -1.48. The molecule has 0 bridgehead atoms. The molecule has 1 N–H and O–H groups in total. The summed E-state index contributed by atoms with van der Waals surface area (Å²) >= 11 is 0.874. The van der Waals surface area contributed by atoms with Gasteiger partial charge in [-0.15, -0.1) is 11.8 Å². The molecule has 0 aromatic heterocycles. The Morgan fingerprint density at radius 3 is 2.50 bits per heavy atom. The Labute approximate surface area is 143 Å². The van der Waals surface area contributed by atoms with E-state index in [0.29, 0.717) is 0 Å². The lowest BCUT2D eigenvalue weighted by atomic mass is 10.1. The summed E-state index contributed by atoms with van der Waals surface area (Å²) in [4.78, 5) is 22.8. The number of ether oxygens (including phenoxy) is 1. The highest BCUT2D eigenvalue weighted by Crippen LogP contribution is 2.23. The van der Waals surface area contributed by atoms with E-state index in [2.05, 4.69) is 0 Å². The number of ketones is 1. The van der Waals surface area contributed by atoms with Gasteiger partial charge in [0, 0.05) is 10.5 Å². The predicted octanol–water partition coefficient (Wildman–Crippen LogP) is 3.91. The van der Waals surface area contributed by atoms with Crippen molar-refractivity contribution in [1.82, 2.24) is 0 Å². The molecule has 0 radical (unpaired) electrons. The van der Waals surface area contributed by atoms with Crippen molar-refractivity contribution in [3.8, 4) is 5.75 Å². The van der Waals surface area contributed by atoms with Crippen molar-refractivity contribution in [2.45, 2.75) is 4.90 Å². The Morgan fingerprint density at radius 1 is 1.21 bits per heavy atom. The van der Waals surface area contributed by atoms with E-state index in [4.69, 9.17) is 9.84 Å². The summed E-state index contributed by atoms with van der Waals surface area (Å²) in [5, 5.41) is 8.61. The number of carbonyl (C=O) groups is 2. The van der Waals surface area contributed by atoms with Crippen LogP contribution in [0, 0.1) is 5.82 Å². The summed E-state index contributed by atoms with van der Waals surface area (Å²) in [6.07, 6.45) is 2.99. The van der Waals surface area contributed by atoms with Crippen LogP contribution < -0.4 is 4.74 Å². The lowest BCUT2D eigenvalue weighted by molar-refractivity contribution is -0.133. The topological polar surface area (TPSA) is 63.6 Å². The second kappa shape index (κ2) is 8.31. The molecule has 0 spiro atoms. The molecule has 0 unspecified atom stereocenters. The Kier molecular flexibility index (Phi) is 6.14. The lowest BCUT2D eigenvalue weighted by Gasteiger charge is -2.03. The third-order valence-corrected chi connectivity index (χ3v) is 4.14. The molecule has 0 heterocycles. The minimum absolute atomic E-state index is 0.202. The van der Waals surface area contributed by atoms with Gasteiger partial charge in [-0.2, -0.15) is 0 Å². The maximum Gasteiger partial charge on any atom is 0.313 e. The number of halogens is 1. The third-order valence-electron chi connectivity index (χ3n) is 3.11. The van der Waals surface area contributed by atoms with Gasteiger partial charge < -0.3 is 9.84 Å². The molecule has 0 saturated carbocycles. The van der Waals surface area contributed by atoms with Crippen molar-refractivity contribution in [2.24, 2.45) is 0 Å². The monoisotopic (exact) mass is 346 g/mol. The maximum atomic E-state index is 13.9. The molecule has 0 aliphatic rings. The van der Waals surface area contributed by atoms with Gasteiger partial charge >= 0.3 is 5.97 Å². The molecule has 0 atom stereocenters. The van der Waals surface area contributed by atoms with Crippen molar-refractivity contribution >= 4 is 29.6 Å². The first kappa shape index (κ1) is 17.7. The van der Waals surface area contributed by atoms with E-state index in [0.717, 1.165) is 29.1 Å². The van der Waals surface area contributed by atoms with E-state index in [-0.39, 0.29) is 22.0 Å². The van der Waals surface area contributed by atoms with Crippen LogP contribution in [0.5, 0.6) is 5.75 Å². The van der Waals surface area contributed by atoms with Crippen molar-refractivity contribution in [1.29, 1.82) is 0 Å². The zero-order valence-corrected chi connectivity index (χ0v) is 13.7. The fourth-order valence-corrected chi connectivity index (χ4v) is 2.53. The molecule has 24 heavy (non-hydrogen) atoms. The number of carboxylic acid groups (broad SMARTS) is 1. The van der Waals surface area contributed by atoms with E-state index >= 15 is 0 Å². The molecule has 0 aliphatic carbocycles. The van der Waals surface area contributed by atoms with Crippen molar-refractivity contribution in [3.05, 3.63) is 65.5 Å². The number of benzene rings is 2. The predicted molar refractivity (Wildman–Crippen MR) is 91.1 cm³/mol. The zero-order chi connectivity index (χ0) is 17.5. The highest BCUT2D eigenvalue weighted by Gasteiger charge is 2.09. The van der Waals surface area contributed by atoms with Gasteiger partial charge in [-0.25, -0.2) is 4.39 Å². The molecule has 124 valence electrons. The lowest BCUT2D eigenvalue weighted by Crippen LogP contribution is -2.00. The first-order valence-corrected chi connectivity index (χ1v) is 7.99. The summed E-state index contributed by atoms with van der Waals surface area (Å²) in [7, 11) is 1.57. The Bertz CT molecular complexity index is 769. The average molecular weight is 346 g/mol. The standard InChI is InChI=1S/C18H15FO4S/c1-23-14-6-2-12(3-7-14)4-8-16(20)13-5-9-17(15(19)10-13)24-11-18(21)22/h2-10H,11H2,1H3,(H,21,22). The molecule has 0 aliphatic heterocycles. The molecule has 6 heteroatoms. The molecule has 0 fully saturated rings. The SMILES string of the molecule is COc1ccc(C=CC(=O)c2ccc(SCC(=O)O)c(F)c2)cc1. The van der Waals surface area contributed by atoms with E-state index < -0.39 is 11.8 Å². The van der Waals surface area contributed by atoms with Gasteiger partial charge in [0.1, 0.15) is 11.6 Å². The Morgan fingerprint density at radius 2 is 1.92 bits per heavy atom. The molecule has 2 aromatic rings. The quantitative estimate of drug-likeness (QED) is 0.468. The number of allylic oxidation sites excluding steroid dienone is 1. The van der Waals surface area contributed by atoms with Gasteiger partial charge in [0.25, 0.3) is 0 Å². The second-order valence-corrected chi connectivity index (χ2v) is 5.82. The largest absolute Gasteiger partial charge is 0.497 e. The second-order valence-electron chi connectivity index (χ2n) is 4.80. The summed E-state index contributed by atoms with van der Waals surface area (Å²) in [6.45, 7) is 0. The number of carboxylic acids is 1. The van der Waals surface area contributed by atoms with Crippen LogP contribution in [0.1, 0.15) is 15.9 Å². The maximum absolute atomic E-state index is 13.9. The number of methoxy groups -OCH3 is 1. The van der Waals surface area contributed by atoms with Crippen molar-refractivity contribution < 1.29 is 23.8 Å². The van der Waals surface area contributed by atoms with Crippen LogP contribution in [0.25, 0.3) is 6.08 Å². The number of thioether (sulfide) groups is 1. The normalized spacial score (nSPS) is 10.8. The third kappa shape index (κ3) is 4.96. The van der Waals surface area contributed by atoms with Gasteiger partial charge in [-0.1, -0.05) is 18.2 Å². The number of hydrogen-bond acceptors (Lipinski definition) is 4. The van der Waals surface area contributed by atoms with Crippen LogP contribution in [0.15, 0.2) is 53.4 Å². The number of carbonyl (C=O) groups excluding carboxylic acids is 1. The fourth-order valence-electron chi connectivity index (χ4n) is 1.89. The molecule has 0 amide bonds. The minimum atomic E-state index is -1.03. The molecule has 2 rings (SSSR count). The molecule has 4 nitrogen and oxygen atoms in total. The fraction of sp³-hybridized carbons (Fsp3) is 0.111. The minimum Gasteiger partial charge on any atom is -0.497 e. The smallest absolute Gasteiger partial charge is 0.313 e. The molecule has 2 aromatic carbocycles.